The van der Waals surface area contributed by atoms with E-state index < -0.39 is 0 Å². The Morgan fingerprint density at radius 2 is 1.93 bits per heavy atom. The maximum Gasteiger partial charge on any atom is 0.237 e. The molecule has 7 heteroatoms. The van der Waals surface area contributed by atoms with Crippen LogP contribution < -0.4 is 4.90 Å². The predicted octanol–water partition coefficient (Wildman–Crippen LogP) is 3.99. The molecule has 0 spiro atoms. The van der Waals surface area contributed by atoms with E-state index in [2.05, 4.69) is 26.3 Å². The lowest BCUT2D eigenvalue weighted by Crippen LogP contribution is -2.32. The van der Waals surface area contributed by atoms with Gasteiger partial charge >= 0.3 is 0 Å². The van der Waals surface area contributed by atoms with Gasteiger partial charge in [-0.05, 0) is 37.1 Å². The van der Waals surface area contributed by atoms with Crippen LogP contribution in [0.3, 0.4) is 0 Å². The number of benzene rings is 1. The van der Waals surface area contributed by atoms with Gasteiger partial charge in [-0.1, -0.05) is 36.0 Å². The first-order valence-corrected chi connectivity index (χ1v) is 10.2. The SMILES string of the molecule is C=CCN(C(=O)CSc1nnc(-c2ccncc2)n1C1CC1)c1ccccc1. The highest BCUT2D eigenvalue weighted by Crippen LogP contribution is 2.41. The van der Waals surface area contributed by atoms with E-state index in [0.29, 0.717) is 18.3 Å². The highest BCUT2D eigenvalue weighted by atomic mass is 32.2. The van der Waals surface area contributed by atoms with Gasteiger partial charge in [0.2, 0.25) is 5.91 Å². The zero-order chi connectivity index (χ0) is 19.3. The van der Waals surface area contributed by atoms with Gasteiger partial charge in [0.1, 0.15) is 0 Å². The Morgan fingerprint density at radius 3 is 2.61 bits per heavy atom. The quantitative estimate of drug-likeness (QED) is 0.429. The maximum absolute atomic E-state index is 12.9. The van der Waals surface area contributed by atoms with E-state index in [1.165, 1.54) is 11.8 Å². The summed E-state index contributed by atoms with van der Waals surface area (Å²) in [7, 11) is 0. The normalized spacial score (nSPS) is 13.3. The number of carbonyl (C=O) groups is 1. The van der Waals surface area contributed by atoms with Gasteiger partial charge in [-0.2, -0.15) is 0 Å². The average molecular weight is 392 g/mol. The molecule has 4 rings (SSSR count). The number of para-hydroxylation sites is 1. The molecule has 6 nitrogen and oxygen atoms in total. The summed E-state index contributed by atoms with van der Waals surface area (Å²) in [5.74, 6) is 1.15. The third-order valence-electron chi connectivity index (χ3n) is 4.52. The van der Waals surface area contributed by atoms with Crippen molar-refractivity contribution in [1.82, 2.24) is 19.7 Å². The summed E-state index contributed by atoms with van der Waals surface area (Å²) in [6.45, 7) is 4.25. The van der Waals surface area contributed by atoms with Crippen molar-refractivity contribution in [1.29, 1.82) is 0 Å². The van der Waals surface area contributed by atoms with Crippen molar-refractivity contribution in [2.24, 2.45) is 0 Å². The topological polar surface area (TPSA) is 63.9 Å². The first kappa shape index (κ1) is 18.4. The molecule has 0 bridgehead atoms. The van der Waals surface area contributed by atoms with Crippen LogP contribution in [0.2, 0.25) is 0 Å². The summed E-state index contributed by atoms with van der Waals surface area (Å²) in [5, 5.41) is 9.54. The molecule has 1 aliphatic carbocycles. The highest BCUT2D eigenvalue weighted by Gasteiger charge is 2.30. The van der Waals surface area contributed by atoms with Gasteiger partial charge in [0.05, 0.1) is 5.75 Å². The minimum absolute atomic E-state index is 0.0203. The van der Waals surface area contributed by atoms with Crippen LogP contribution in [0.4, 0.5) is 5.69 Å². The second kappa shape index (κ2) is 8.39. The van der Waals surface area contributed by atoms with Crippen LogP contribution in [0.15, 0.2) is 72.7 Å². The summed E-state index contributed by atoms with van der Waals surface area (Å²) < 4.78 is 2.16. The van der Waals surface area contributed by atoms with E-state index in [4.69, 9.17) is 0 Å². The van der Waals surface area contributed by atoms with Crippen LogP contribution in [0.25, 0.3) is 11.4 Å². The van der Waals surface area contributed by atoms with Crippen molar-refractivity contribution in [3.05, 3.63) is 67.5 Å². The molecule has 3 aromatic rings. The molecule has 0 aliphatic heterocycles. The largest absolute Gasteiger partial charge is 0.308 e. The lowest BCUT2D eigenvalue weighted by molar-refractivity contribution is -0.116. The molecular formula is C21H21N5OS. The fraction of sp³-hybridized carbons (Fsp3) is 0.238. The molecule has 142 valence electrons. The number of thioether (sulfide) groups is 1. The van der Waals surface area contributed by atoms with E-state index in [9.17, 15) is 4.79 Å². The minimum Gasteiger partial charge on any atom is -0.308 e. The lowest BCUT2D eigenvalue weighted by atomic mass is 10.2. The van der Waals surface area contributed by atoms with E-state index in [0.717, 1.165) is 35.1 Å². The molecule has 0 N–H and O–H groups in total. The molecule has 0 saturated heterocycles. The number of hydrogen-bond acceptors (Lipinski definition) is 5. The second-order valence-corrected chi connectivity index (χ2v) is 7.50. The summed E-state index contributed by atoms with van der Waals surface area (Å²) in [5.41, 5.74) is 1.86. The fourth-order valence-electron chi connectivity index (χ4n) is 3.03. The number of anilines is 1. The zero-order valence-corrected chi connectivity index (χ0v) is 16.3. The van der Waals surface area contributed by atoms with E-state index >= 15 is 0 Å². The smallest absolute Gasteiger partial charge is 0.237 e. The number of rotatable bonds is 8. The summed E-state index contributed by atoms with van der Waals surface area (Å²) in [6.07, 6.45) is 7.48. The first-order valence-electron chi connectivity index (χ1n) is 9.22. The third-order valence-corrected chi connectivity index (χ3v) is 5.45. The van der Waals surface area contributed by atoms with Crippen molar-refractivity contribution in [2.45, 2.75) is 24.0 Å². The number of amides is 1. The summed E-state index contributed by atoms with van der Waals surface area (Å²) in [6, 6.07) is 13.9. The molecule has 28 heavy (non-hydrogen) atoms. The molecule has 2 heterocycles. The number of carbonyl (C=O) groups excluding carboxylic acids is 1. The van der Waals surface area contributed by atoms with Gasteiger partial charge in [0.15, 0.2) is 11.0 Å². The lowest BCUT2D eigenvalue weighted by Gasteiger charge is -2.21. The van der Waals surface area contributed by atoms with Crippen molar-refractivity contribution in [2.75, 3.05) is 17.2 Å². The molecule has 1 fully saturated rings. The molecule has 0 atom stereocenters. The van der Waals surface area contributed by atoms with Gasteiger partial charge in [-0.25, -0.2) is 0 Å². The Balaban J connectivity index is 1.52. The van der Waals surface area contributed by atoms with Gasteiger partial charge in [0, 0.05) is 36.2 Å². The standard InChI is InChI=1S/C21H21N5OS/c1-2-14-25(17-6-4-3-5-7-17)19(27)15-28-21-24-23-20(26(21)18-8-9-18)16-10-12-22-13-11-16/h2-7,10-13,18H,1,8-9,14-15H2. The minimum atomic E-state index is 0.0203. The van der Waals surface area contributed by atoms with Crippen LogP contribution in [-0.4, -0.2) is 38.0 Å². The van der Waals surface area contributed by atoms with Crippen molar-refractivity contribution in [3.63, 3.8) is 0 Å². The van der Waals surface area contributed by atoms with Crippen LogP contribution in [0, 0.1) is 0 Å². The molecule has 1 saturated carbocycles. The third kappa shape index (κ3) is 3.99. The van der Waals surface area contributed by atoms with Crippen molar-refractivity contribution in [3.8, 4) is 11.4 Å². The Hall–Kier alpha value is -2.93. The number of nitrogens with zero attached hydrogens (tertiary/aromatic N) is 5. The highest BCUT2D eigenvalue weighted by molar-refractivity contribution is 7.99. The number of hydrogen-bond donors (Lipinski definition) is 0. The molecular weight excluding hydrogens is 370 g/mol. The van der Waals surface area contributed by atoms with Crippen molar-refractivity contribution < 1.29 is 4.79 Å². The van der Waals surface area contributed by atoms with Gasteiger partial charge < -0.3 is 4.90 Å². The summed E-state index contributed by atoms with van der Waals surface area (Å²) >= 11 is 1.44. The Bertz CT molecular complexity index is 953. The van der Waals surface area contributed by atoms with Crippen LogP contribution in [0.5, 0.6) is 0 Å². The molecule has 1 amide bonds. The Labute approximate surface area is 168 Å². The first-order chi connectivity index (χ1) is 13.8. The molecule has 2 aromatic heterocycles. The molecule has 0 radical (unpaired) electrons. The van der Waals surface area contributed by atoms with Crippen molar-refractivity contribution >= 4 is 23.4 Å². The van der Waals surface area contributed by atoms with Crippen LogP contribution >= 0.6 is 11.8 Å². The average Bonchev–Trinajstić information content (AvgIpc) is 3.50. The van der Waals surface area contributed by atoms with E-state index in [-0.39, 0.29) is 5.91 Å². The Kier molecular flexibility index (Phi) is 5.53. The van der Waals surface area contributed by atoms with Gasteiger partial charge in [-0.15, -0.1) is 16.8 Å². The fourth-order valence-corrected chi connectivity index (χ4v) is 3.91. The van der Waals surface area contributed by atoms with E-state index in [1.54, 1.807) is 23.4 Å². The molecule has 1 aliphatic rings. The predicted molar refractivity (Wildman–Crippen MR) is 111 cm³/mol. The Morgan fingerprint density at radius 1 is 1.18 bits per heavy atom. The van der Waals surface area contributed by atoms with Crippen LogP contribution in [0.1, 0.15) is 18.9 Å². The van der Waals surface area contributed by atoms with E-state index in [1.807, 2.05) is 42.5 Å². The van der Waals surface area contributed by atoms with Gasteiger partial charge in [-0.3, -0.25) is 14.3 Å². The zero-order valence-electron chi connectivity index (χ0n) is 15.4. The number of pyridine rings is 1. The number of aromatic nitrogens is 4. The molecule has 0 unspecified atom stereocenters. The second-order valence-electron chi connectivity index (χ2n) is 6.56. The maximum atomic E-state index is 12.9. The van der Waals surface area contributed by atoms with Crippen LogP contribution in [-0.2, 0) is 4.79 Å². The summed E-state index contributed by atoms with van der Waals surface area (Å²) in [4.78, 5) is 18.7. The monoisotopic (exact) mass is 391 g/mol. The van der Waals surface area contributed by atoms with Gasteiger partial charge in [0.25, 0.3) is 0 Å². The molecule has 1 aromatic carbocycles.